The van der Waals surface area contributed by atoms with E-state index in [9.17, 15) is 9.18 Å². The molecule has 0 aliphatic heterocycles. The lowest BCUT2D eigenvalue weighted by Crippen LogP contribution is -2.32. The zero-order valence-electron chi connectivity index (χ0n) is 10.4. The lowest BCUT2D eigenvalue weighted by atomic mass is 9.93. The summed E-state index contributed by atoms with van der Waals surface area (Å²) >= 11 is 0. The van der Waals surface area contributed by atoms with E-state index in [4.69, 9.17) is 0 Å². The molecule has 0 aromatic heterocycles. The smallest absolute Gasteiger partial charge is 0.223 e. The Morgan fingerprint density at radius 2 is 2.06 bits per heavy atom. The fourth-order valence-electron chi connectivity index (χ4n) is 2.16. The molecule has 0 spiro atoms. The van der Waals surface area contributed by atoms with Crippen molar-refractivity contribution in [2.45, 2.75) is 25.7 Å². The van der Waals surface area contributed by atoms with Crippen molar-refractivity contribution < 1.29 is 9.18 Å². The Balaban J connectivity index is 1.73. The first-order valence-electron chi connectivity index (χ1n) is 6.43. The first-order valence-corrected chi connectivity index (χ1v) is 6.43. The van der Waals surface area contributed by atoms with Crippen LogP contribution in [-0.4, -0.2) is 12.5 Å². The van der Waals surface area contributed by atoms with Crippen LogP contribution in [0.1, 0.15) is 24.8 Å². The second-order valence-electron chi connectivity index (χ2n) is 4.65. The Morgan fingerprint density at radius 1 is 1.28 bits per heavy atom. The van der Waals surface area contributed by atoms with E-state index in [-0.39, 0.29) is 17.6 Å². The van der Waals surface area contributed by atoms with Crippen molar-refractivity contribution in [2.75, 3.05) is 6.54 Å². The molecule has 2 nitrogen and oxygen atoms in total. The summed E-state index contributed by atoms with van der Waals surface area (Å²) in [5, 5.41) is 2.95. The highest BCUT2D eigenvalue weighted by molar-refractivity contribution is 5.78. The van der Waals surface area contributed by atoms with Crippen LogP contribution in [-0.2, 0) is 11.2 Å². The minimum atomic E-state index is -0.225. The van der Waals surface area contributed by atoms with Gasteiger partial charge in [-0.25, -0.2) is 4.39 Å². The van der Waals surface area contributed by atoms with Crippen molar-refractivity contribution in [2.24, 2.45) is 5.92 Å². The molecule has 18 heavy (non-hydrogen) atoms. The van der Waals surface area contributed by atoms with E-state index in [0.29, 0.717) is 6.54 Å². The van der Waals surface area contributed by atoms with Gasteiger partial charge in [0.05, 0.1) is 0 Å². The van der Waals surface area contributed by atoms with Crippen LogP contribution < -0.4 is 5.32 Å². The number of carbonyl (C=O) groups excluding carboxylic acids is 1. The summed E-state index contributed by atoms with van der Waals surface area (Å²) in [4.78, 5) is 11.8. The van der Waals surface area contributed by atoms with Crippen molar-refractivity contribution in [1.29, 1.82) is 0 Å². The maximum Gasteiger partial charge on any atom is 0.223 e. The predicted octanol–water partition coefficient (Wildman–Crippen LogP) is 2.84. The number of nitrogens with one attached hydrogen (secondary N) is 1. The van der Waals surface area contributed by atoms with Gasteiger partial charge in [0.15, 0.2) is 0 Å². The number of hydrogen-bond acceptors (Lipinski definition) is 1. The third kappa shape index (κ3) is 3.69. The Bertz CT molecular complexity index is 425. The van der Waals surface area contributed by atoms with Gasteiger partial charge in [-0.2, -0.15) is 0 Å². The van der Waals surface area contributed by atoms with E-state index in [1.807, 2.05) is 0 Å². The van der Waals surface area contributed by atoms with Crippen molar-refractivity contribution >= 4 is 5.91 Å². The molecule has 2 rings (SSSR count). The topological polar surface area (TPSA) is 29.1 Å². The standard InChI is InChI=1S/C15H18FNO/c16-14-8-6-12(7-9-14)10-11-17-15(18)13-4-2-1-3-5-13/h1-2,6-9,13H,3-5,10-11H2,(H,17,18)/t13-/m0/s1. The molecule has 0 saturated carbocycles. The van der Waals surface area contributed by atoms with Crippen LogP contribution in [0.25, 0.3) is 0 Å². The van der Waals surface area contributed by atoms with Gasteiger partial charge in [-0.15, -0.1) is 0 Å². The van der Waals surface area contributed by atoms with Crippen LogP contribution in [0.2, 0.25) is 0 Å². The largest absolute Gasteiger partial charge is 0.356 e. The zero-order valence-corrected chi connectivity index (χ0v) is 10.4. The number of amides is 1. The first-order chi connectivity index (χ1) is 8.75. The van der Waals surface area contributed by atoms with Gasteiger partial charge in [0.2, 0.25) is 5.91 Å². The molecule has 1 N–H and O–H groups in total. The molecular weight excluding hydrogens is 229 g/mol. The predicted molar refractivity (Wildman–Crippen MR) is 69.6 cm³/mol. The van der Waals surface area contributed by atoms with Gasteiger partial charge in [-0.1, -0.05) is 24.3 Å². The van der Waals surface area contributed by atoms with E-state index in [1.165, 1.54) is 12.1 Å². The van der Waals surface area contributed by atoms with E-state index in [0.717, 1.165) is 31.2 Å². The molecule has 0 heterocycles. The fourth-order valence-corrected chi connectivity index (χ4v) is 2.16. The van der Waals surface area contributed by atoms with Crippen LogP contribution in [0.5, 0.6) is 0 Å². The highest BCUT2D eigenvalue weighted by Gasteiger charge is 2.17. The molecule has 96 valence electrons. The molecule has 0 radical (unpaired) electrons. The quantitative estimate of drug-likeness (QED) is 0.814. The van der Waals surface area contributed by atoms with Crippen molar-refractivity contribution in [1.82, 2.24) is 5.32 Å². The second kappa shape index (κ2) is 6.34. The van der Waals surface area contributed by atoms with Gasteiger partial charge in [0.1, 0.15) is 5.82 Å². The van der Waals surface area contributed by atoms with Crippen molar-refractivity contribution in [3.8, 4) is 0 Å². The fraction of sp³-hybridized carbons (Fsp3) is 0.400. The minimum Gasteiger partial charge on any atom is -0.356 e. The van der Waals surface area contributed by atoms with Crippen LogP contribution in [0.4, 0.5) is 4.39 Å². The molecule has 1 aromatic carbocycles. The van der Waals surface area contributed by atoms with E-state index in [1.54, 1.807) is 12.1 Å². The number of carbonyl (C=O) groups is 1. The molecule has 0 saturated heterocycles. The van der Waals surface area contributed by atoms with Crippen LogP contribution >= 0.6 is 0 Å². The minimum absolute atomic E-state index is 0.128. The van der Waals surface area contributed by atoms with Crippen LogP contribution in [0.15, 0.2) is 36.4 Å². The molecule has 0 bridgehead atoms. The molecule has 0 unspecified atom stereocenters. The maximum absolute atomic E-state index is 12.7. The van der Waals surface area contributed by atoms with Gasteiger partial charge in [0, 0.05) is 12.5 Å². The third-order valence-corrected chi connectivity index (χ3v) is 3.27. The summed E-state index contributed by atoms with van der Waals surface area (Å²) < 4.78 is 12.7. The zero-order chi connectivity index (χ0) is 12.8. The summed E-state index contributed by atoms with van der Waals surface area (Å²) in [6.45, 7) is 0.616. The summed E-state index contributed by atoms with van der Waals surface area (Å²) in [5.74, 6) is 0.0430. The Morgan fingerprint density at radius 3 is 2.72 bits per heavy atom. The molecule has 1 aliphatic rings. The number of hydrogen-bond donors (Lipinski definition) is 1. The number of benzene rings is 1. The van der Waals surface area contributed by atoms with Crippen LogP contribution in [0, 0.1) is 11.7 Å². The SMILES string of the molecule is O=C(NCCc1ccc(F)cc1)[C@H]1CC=CCC1. The summed E-state index contributed by atoms with van der Waals surface area (Å²) in [5.41, 5.74) is 1.04. The molecule has 1 atom stereocenters. The monoisotopic (exact) mass is 247 g/mol. The average molecular weight is 247 g/mol. The third-order valence-electron chi connectivity index (χ3n) is 3.27. The molecule has 1 amide bonds. The van der Waals surface area contributed by atoms with Crippen LogP contribution in [0.3, 0.4) is 0 Å². The molecule has 3 heteroatoms. The summed E-state index contributed by atoms with van der Waals surface area (Å²) in [6.07, 6.45) is 7.74. The second-order valence-corrected chi connectivity index (χ2v) is 4.65. The molecule has 1 aliphatic carbocycles. The van der Waals surface area contributed by atoms with E-state index < -0.39 is 0 Å². The molecule has 1 aromatic rings. The molecular formula is C15H18FNO. The van der Waals surface area contributed by atoms with Crippen molar-refractivity contribution in [3.63, 3.8) is 0 Å². The van der Waals surface area contributed by atoms with E-state index >= 15 is 0 Å². The lowest BCUT2D eigenvalue weighted by molar-refractivity contribution is -0.125. The Labute approximate surface area is 107 Å². The lowest BCUT2D eigenvalue weighted by Gasteiger charge is -2.17. The van der Waals surface area contributed by atoms with Gasteiger partial charge in [0.25, 0.3) is 0 Å². The van der Waals surface area contributed by atoms with Crippen molar-refractivity contribution in [3.05, 3.63) is 47.8 Å². The maximum atomic E-state index is 12.7. The number of rotatable bonds is 4. The summed E-state index contributed by atoms with van der Waals surface area (Å²) in [6, 6.07) is 6.40. The highest BCUT2D eigenvalue weighted by Crippen LogP contribution is 2.17. The summed E-state index contributed by atoms with van der Waals surface area (Å²) in [7, 11) is 0. The molecule has 0 fully saturated rings. The van der Waals surface area contributed by atoms with E-state index in [2.05, 4.69) is 17.5 Å². The van der Waals surface area contributed by atoms with Gasteiger partial charge >= 0.3 is 0 Å². The average Bonchev–Trinajstić information content (AvgIpc) is 2.42. The van der Waals surface area contributed by atoms with Gasteiger partial charge < -0.3 is 5.32 Å². The Kier molecular flexibility index (Phi) is 4.51. The Hall–Kier alpha value is -1.64. The highest BCUT2D eigenvalue weighted by atomic mass is 19.1. The normalized spacial score (nSPS) is 18.6. The van der Waals surface area contributed by atoms with Gasteiger partial charge in [-0.05, 0) is 43.4 Å². The number of allylic oxidation sites excluding steroid dienone is 2. The number of halogens is 1. The first kappa shape index (κ1) is 12.8. The van der Waals surface area contributed by atoms with Gasteiger partial charge in [-0.3, -0.25) is 4.79 Å².